The molecule has 1 rings (SSSR count). The number of rotatable bonds is 4. The molecule has 1 fully saturated rings. The van der Waals surface area contributed by atoms with E-state index in [-0.39, 0.29) is 17.6 Å². The van der Waals surface area contributed by atoms with Gasteiger partial charge in [0.15, 0.2) is 0 Å². The molecule has 0 radical (unpaired) electrons. The minimum Gasteiger partial charge on any atom is -0.396 e. The maximum Gasteiger partial charge on any atom is 0.0437 e. The zero-order valence-corrected chi connectivity index (χ0v) is 9.84. The molecule has 2 heteroatoms. The van der Waals surface area contributed by atoms with Crippen LogP contribution >= 0.6 is 0 Å². The molecule has 0 bridgehead atoms. The summed E-state index contributed by atoms with van der Waals surface area (Å²) in [6.07, 6.45) is 6.08. The monoisotopic (exact) mass is 199 g/mol. The van der Waals surface area contributed by atoms with Crippen LogP contribution in [0, 0.1) is 11.3 Å². The Labute approximate surface area is 87.9 Å². The van der Waals surface area contributed by atoms with Crippen molar-refractivity contribution in [1.82, 2.24) is 0 Å². The summed E-state index contributed by atoms with van der Waals surface area (Å²) < 4.78 is 0. The third-order valence-electron chi connectivity index (χ3n) is 4.36. The van der Waals surface area contributed by atoms with Gasteiger partial charge in [0.05, 0.1) is 0 Å². The lowest BCUT2D eigenvalue weighted by molar-refractivity contribution is 0.0540. The number of aliphatic hydroxyl groups excluding tert-OH is 1. The van der Waals surface area contributed by atoms with E-state index in [1.165, 1.54) is 25.7 Å². The van der Waals surface area contributed by atoms with Gasteiger partial charge in [-0.1, -0.05) is 19.8 Å². The third kappa shape index (κ3) is 2.12. The van der Waals surface area contributed by atoms with E-state index in [1.807, 2.05) is 0 Å². The van der Waals surface area contributed by atoms with Crippen molar-refractivity contribution < 1.29 is 5.11 Å². The summed E-state index contributed by atoms with van der Waals surface area (Å²) in [4.78, 5) is 0. The molecule has 0 saturated heterocycles. The maximum atomic E-state index is 9.17. The maximum absolute atomic E-state index is 9.17. The Morgan fingerprint density at radius 1 is 1.21 bits per heavy atom. The number of hydrogen-bond acceptors (Lipinski definition) is 2. The first kappa shape index (κ1) is 12.0. The number of hydrogen-bond donors (Lipinski definition) is 2. The van der Waals surface area contributed by atoms with E-state index in [1.54, 1.807) is 0 Å². The smallest absolute Gasteiger partial charge is 0.0437 e. The highest BCUT2D eigenvalue weighted by atomic mass is 16.3. The summed E-state index contributed by atoms with van der Waals surface area (Å²) in [6, 6.07) is 0. The highest BCUT2D eigenvalue weighted by Gasteiger charge is 2.44. The van der Waals surface area contributed by atoms with Crippen LogP contribution in [0.5, 0.6) is 0 Å². The van der Waals surface area contributed by atoms with Gasteiger partial charge in [0.1, 0.15) is 0 Å². The molecule has 0 heterocycles. The molecule has 0 aromatic carbocycles. The first-order valence-electron chi connectivity index (χ1n) is 5.81. The van der Waals surface area contributed by atoms with Gasteiger partial charge in [-0.3, -0.25) is 0 Å². The standard InChI is InChI=1S/C12H25NO/c1-11(2,13)12(3,8-9-14)10-6-4-5-7-10/h10,14H,4-9,13H2,1-3H3. The van der Waals surface area contributed by atoms with Crippen LogP contribution in [-0.2, 0) is 0 Å². The van der Waals surface area contributed by atoms with Gasteiger partial charge in [-0.05, 0) is 44.4 Å². The Balaban J connectivity index is 2.79. The molecule has 1 saturated carbocycles. The Hall–Kier alpha value is -0.0800. The third-order valence-corrected chi connectivity index (χ3v) is 4.36. The van der Waals surface area contributed by atoms with E-state index < -0.39 is 0 Å². The van der Waals surface area contributed by atoms with Gasteiger partial charge < -0.3 is 10.8 Å². The van der Waals surface area contributed by atoms with Crippen LogP contribution in [-0.4, -0.2) is 17.3 Å². The van der Waals surface area contributed by atoms with E-state index in [4.69, 9.17) is 10.8 Å². The van der Waals surface area contributed by atoms with Crippen LogP contribution in [0.4, 0.5) is 0 Å². The Morgan fingerprint density at radius 2 is 1.71 bits per heavy atom. The van der Waals surface area contributed by atoms with Gasteiger partial charge in [-0.2, -0.15) is 0 Å². The van der Waals surface area contributed by atoms with Crippen molar-refractivity contribution in [3.63, 3.8) is 0 Å². The van der Waals surface area contributed by atoms with Gasteiger partial charge in [-0.15, -0.1) is 0 Å². The van der Waals surface area contributed by atoms with Gasteiger partial charge >= 0.3 is 0 Å². The molecule has 1 aliphatic carbocycles. The van der Waals surface area contributed by atoms with Gasteiger partial charge in [-0.25, -0.2) is 0 Å². The normalized spacial score (nSPS) is 23.8. The SMILES string of the molecule is CC(C)(N)C(C)(CCO)C1CCCC1. The molecule has 1 aliphatic rings. The van der Waals surface area contributed by atoms with Gasteiger partial charge in [0, 0.05) is 12.1 Å². The molecule has 0 aromatic rings. The lowest BCUT2D eigenvalue weighted by Gasteiger charge is -2.46. The predicted molar refractivity (Wildman–Crippen MR) is 60.0 cm³/mol. The van der Waals surface area contributed by atoms with Crippen LogP contribution in [0.15, 0.2) is 0 Å². The van der Waals surface area contributed by atoms with E-state index in [0.717, 1.165) is 6.42 Å². The topological polar surface area (TPSA) is 46.2 Å². The molecule has 1 unspecified atom stereocenters. The van der Waals surface area contributed by atoms with Crippen LogP contribution in [0.2, 0.25) is 0 Å². The average Bonchev–Trinajstić information content (AvgIpc) is 2.54. The Bertz CT molecular complexity index is 179. The second-order valence-corrected chi connectivity index (χ2v) is 5.59. The lowest BCUT2D eigenvalue weighted by atomic mass is 9.62. The summed E-state index contributed by atoms with van der Waals surface area (Å²) in [7, 11) is 0. The lowest BCUT2D eigenvalue weighted by Crippen LogP contribution is -2.53. The van der Waals surface area contributed by atoms with Crippen LogP contribution in [0.3, 0.4) is 0 Å². The molecule has 84 valence electrons. The van der Waals surface area contributed by atoms with E-state index in [0.29, 0.717) is 5.92 Å². The summed E-state index contributed by atoms with van der Waals surface area (Å²) in [5.74, 6) is 0.703. The van der Waals surface area contributed by atoms with Crippen molar-refractivity contribution in [2.45, 2.75) is 58.4 Å². The zero-order chi connectivity index (χ0) is 10.8. The van der Waals surface area contributed by atoms with Crippen molar-refractivity contribution in [2.75, 3.05) is 6.61 Å². The van der Waals surface area contributed by atoms with Crippen molar-refractivity contribution in [3.05, 3.63) is 0 Å². The first-order valence-corrected chi connectivity index (χ1v) is 5.81. The Morgan fingerprint density at radius 3 is 2.07 bits per heavy atom. The fourth-order valence-electron chi connectivity index (χ4n) is 2.85. The van der Waals surface area contributed by atoms with Crippen LogP contribution in [0.1, 0.15) is 52.9 Å². The fraction of sp³-hybridized carbons (Fsp3) is 1.00. The molecule has 0 aromatic heterocycles. The fourth-order valence-corrected chi connectivity index (χ4v) is 2.85. The second-order valence-electron chi connectivity index (χ2n) is 5.59. The Kier molecular flexibility index (Phi) is 3.59. The van der Waals surface area contributed by atoms with Crippen molar-refractivity contribution in [1.29, 1.82) is 0 Å². The van der Waals surface area contributed by atoms with E-state index in [2.05, 4.69) is 20.8 Å². The summed E-state index contributed by atoms with van der Waals surface area (Å²) in [5, 5.41) is 9.17. The largest absolute Gasteiger partial charge is 0.396 e. The quantitative estimate of drug-likeness (QED) is 0.730. The average molecular weight is 199 g/mol. The number of nitrogens with two attached hydrogens (primary N) is 1. The van der Waals surface area contributed by atoms with E-state index >= 15 is 0 Å². The molecular weight excluding hydrogens is 174 g/mol. The molecule has 0 amide bonds. The zero-order valence-electron chi connectivity index (χ0n) is 9.84. The van der Waals surface area contributed by atoms with Crippen LogP contribution < -0.4 is 5.73 Å². The molecule has 0 aliphatic heterocycles. The van der Waals surface area contributed by atoms with Gasteiger partial charge in [0.2, 0.25) is 0 Å². The summed E-state index contributed by atoms with van der Waals surface area (Å²) in [6.45, 7) is 6.70. The second kappa shape index (κ2) is 4.19. The minimum absolute atomic E-state index is 0.0955. The van der Waals surface area contributed by atoms with E-state index in [9.17, 15) is 0 Å². The minimum atomic E-state index is -0.190. The number of aliphatic hydroxyl groups is 1. The predicted octanol–water partition coefficient (Wildman–Crippen LogP) is 2.30. The van der Waals surface area contributed by atoms with Crippen molar-refractivity contribution in [2.24, 2.45) is 17.1 Å². The van der Waals surface area contributed by atoms with Gasteiger partial charge in [0.25, 0.3) is 0 Å². The molecule has 14 heavy (non-hydrogen) atoms. The van der Waals surface area contributed by atoms with Crippen molar-refractivity contribution in [3.8, 4) is 0 Å². The highest BCUT2D eigenvalue weighted by Crippen LogP contribution is 2.47. The molecule has 1 atom stereocenters. The van der Waals surface area contributed by atoms with Crippen molar-refractivity contribution >= 4 is 0 Å². The molecular formula is C12H25NO. The summed E-state index contributed by atoms with van der Waals surface area (Å²) in [5.41, 5.74) is 6.17. The highest BCUT2D eigenvalue weighted by molar-refractivity contribution is 4.98. The summed E-state index contributed by atoms with van der Waals surface area (Å²) >= 11 is 0. The molecule has 2 nitrogen and oxygen atoms in total. The molecule has 0 spiro atoms. The first-order chi connectivity index (χ1) is 6.42. The molecule has 3 N–H and O–H groups in total. The van der Waals surface area contributed by atoms with Crippen LogP contribution in [0.25, 0.3) is 0 Å².